The molecule has 0 spiro atoms. The Bertz CT molecular complexity index is 390. The Labute approximate surface area is 87.5 Å². The SMILES string of the molecule is C[C@@]1(c2ccccc2)NC(=S)NC1=O. The Morgan fingerprint density at radius 1 is 1.29 bits per heavy atom. The van der Waals surface area contributed by atoms with E-state index in [-0.39, 0.29) is 5.91 Å². The fourth-order valence-electron chi connectivity index (χ4n) is 1.52. The van der Waals surface area contributed by atoms with Gasteiger partial charge in [-0.3, -0.25) is 4.79 Å². The van der Waals surface area contributed by atoms with E-state index < -0.39 is 5.54 Å². The molecule has 3 nitrogen and oxygen atoms in total. The number of carbonyl (C=O) groups excluding carboxylic acids is 1. The van der Waals surface area contributed by atoms with E-state index in [0.29, 0.717) is 5.11 Å². The molecule has 1 fully saturated rings. The lowest BCUT2D eigenvalue weighted by molar-refractivity contribution is -0.123. The maximum atomic E-state index is 11.6. The predicted octanol–water partition coefficient (Wildman–Crippen LogP) is 0.906. The molecule has 1 atom stereocenters. The molecule has 0 bridgehead atoms. The highest BCUT2D eigenvalue weighted by molar-refractivity contribution is 7.80. The van der Waals surface area contributed by atoms with Crippen LogP contribution in [0.4, 0.5) is 0 Å². The molecule has 1 saturated heterocycles. The van der Waals surface area contributed by atoms with Gasteiger partial charge >= 0.3 is 0 Å². The van der Waals surface area contributed by atoms with Gasteiger partial charge in [0, 0.05) is 0 Å². The zero-order valence-electron chi connectivity index (χ0n) is 7.70. The first-order valence-corrected chi connectivity index (χ1v) is 4.73. The lowest BCUT2D eigenvalue weighted by atomic mass is 9.92. The molecular formula is C10H10N2OS. The van der Waals surface area contributed by atoms with Crippen molar-refractivity contribution in [2.75, 3.05) is 0 Å². The molecule has 2 N–H and O–H groups in total. The minimum Gasteiger partial charge on any atom is -0.345 e. The summed E-state index contributed by atoms with van der Waals surface area (Å²) >= 11 is 4.90. The second kappa shape index (κ2) is 3.06. The number of thiocarbonyl (C=S) groups is 1. The topological polar surface area (TPSA) is 41.1 Å². The van der Waals surface area contributed by atoms with Crippen LogP contribution in [-0.4, -0.2) is 11.0 Å². The van der Waals surface area contributed by atoms with E-state index in [1.54, 1.807) is 0 Å². The molecule has 72 valence electrons. The molecule has 1 heterocycles. The second-order valence-electron chi connectivity index (χ2n) is 3.40. The summed E-state index contributed by atoms with van der Waals surface area (Å²) in [6.07, 6.45) is 0. The van der Waals surface area contributed by atoms with Crippen molar-refractivity contribution in [1.29, 1.82) is 0 Å². The number of carbonyl (C=O) groups is 1. The van der Waals surface area contributed by atoms with Crippen molar-refractivity contribution in [2.45, 2.75) is 12.5 Å². The van der Waals surface area contributed by atoms with Crippen LogP contribution in [-0.2, 0) is 10.3 Å². The highest BCUT2D eigenvalue weighted by Crippen LogP contribution is 2.23. The van der Waals surface area contributed by atoms with E-state index in [1.807, 2.05) is 37.3 Å². The van der Waals surface area contributed by atoms with Crippen molar-refractivity contribution in [3.8, 4) is 0 Å². The van der Waals surface area contributed by atoms with Crippen molar-refractivity contribution < 1.29 is 4.79 Å². The van der Waals surface area contributed by atoms with Crippen molar-refractivity contribution in [3.63, 3.8) is 0 Å². The summed E-state index contributed by atoms with van der Waals surface area (Å²) in [7, 11) is 0. The summed E-state index contributed by atoms with van der Waals surface area (Å²) in [5, 5.41) is 5.94. The van der Waals surface area contributed by atoms with Gasteiger partial charge in [-0.2, -0.15) is 0 Å². The van der Waals surface area contributed by atoms with E-state index in [2.05, 4.69) is 10.6 Å². The van der Waals surface area contributed by atoms with Crippen molar-refractivity contribution in [1.82, 2.24) is 10.6 Å². The van der Waals surface area contributed by atoms with Crippen LogP contribution in [0.15, 0.2) is 30.3 Å². The summed E-state index contributed by atoms with van der Waals surface area (Å²) < 4.78 is 0. The zero-order valence-corrected chi connectivity index (χ0v) is 8.52. The number of hydrogen-bond donors (Lipinski definition) is 2. The molecule has 1 aromatic carbocycles. The third-order valence-electron chi connectivity index (χ3n) is 2.40. The molecule has 0 saturated carbocycles. The normalized spacial score (nSPS) is 25.8. The Kier molecular flexibility index (Phi) is 2.00. The van der Waals surface area contributed by atoms with Gasteiger partial charge in [0.1, 0.15) is 5.54 Å². The first kappa shape index (κ1) is 9.15. The molecular weight excluding hydrogens is 196 g/mol. The molecule has 4 heteroatoms. The third-order valence-corrected chi connectivity index (χ3v) is 2.60. The van der Waals surface area contributed by atoms with Gasteiger partial charge in [0.15, 0.2) is 5.11 Å². The summed E-state index contributed by atoms with van der Waals surface area (Å²) in [6.45, 7) is 1.82. The minimum atomic E-state index is -0.724. The first-order valence-electron chi connectivity index (χ1n) is 4.32. The molecule has 0 aliphatic carbocycles. The number of nitrogens with one attached hydrogen (secondary N) is 2. The van der Waals surface area contributed by atoms with Crippen LogP contribution in [0.5, 0.6) is 0 Å². The molecule has 0 radical (unpaired) electrons. The van der Waals surface area contributed by atoms with Crippen LogP contribution in [0.2, 0.25) is 0 Å². The predicted molar refractivity (Wildman–Crippen MR) is 57.7 cm³/mol. The summed E-state index contributed by atoms with van der Waals surface area (Å²) in [5.41, 5.74) is 0.190. The highest BCUT2D eigenvalue weighted by Gasteiger charge is 2.41. The zero-order chi connectivity index (χ0) is 10.2. The molecule has 2 rings (SSSR count). The smallest absolute Gasteiger partial charge is 0.256 e. The number of amides is 1. The Morgan fingerprint density at radius 2 is 1.93 bits per heavy atom. The first-order chi connectivity index (χ1) is 6.63. The highest BCUT2D eigenvalue weighted by atomic mass is 32.1. The number of hydrogen-bond acceptors (Lipinski definition) is 2. The van der Waals surface area contributed by atoms with Gasteiger partial charge in [-0.1, -0.05) is 30.3 Å². The molecule has 1 aliphatic rings. The van der Waals surface area contributed by atoms with Crippen LogP contribution in [0.25, 0.3) is 0 Å². The van der Waals surface area contributed by atoms with Crippen LogP contribution < -0.4 is 10.6 Å². The molecule has 0 unspecified atom stereocenters. The fraction of sp³-hybridized carbons (Fsp3) is 0.200. The van der Waals surface area contributed by atoms with Crippen LogP contribution in [0.3, 0.4) is 0 Å². The van der Waals surface area contributed by atoms with Gasteiger partial charge in [0.2, 0.25) is 0 Å². The molecule has 1 aliphatic heterocycles. The van der Waals surface area contributed by atoms with Crippen molar-refractivity contribution >= 4 is 23.2 Å². The van der Waals surface area contributed by atoms with Crippen LogP contribution >= 0.6 is 12.2 Å². The van der Waals surface area contributed by atoms with Crippen molar-refractivity contribution in [2.24, 2.45) is 0 Å². The average Bonchev–Trinajstić information content (AvgIpc) is 2.43. The van der Waals surface area contributed by atoms with Gasteiger partial charge in [-0.05, 0) is 24.7 Å². The maximum Gasteiger partial charge on any atom is 0.256 e. The maximum absolute atomic E-state index is 11.6. The number of benzene rings is 1. The van der Waals surface area contributed by atoms with Gasteiger partial charge in [-0.15, -0.1) is 0 Å². The fourth-order valence-corrected chi connectivity index (χ4v) is 1.81. The van der Waals surface area contributed by atoms with Crippen molar-refractivity contribution in [3.05, 3.63) is 35.9 Å². The van der Waals surface area contributed by atoms with E-state index in [0.717, 1.165) is 5.56 Å². The van der Waals surface area contributed by atoms with E-state index >= 15 is 0 Å². The average molecular weight is 206 g/mol. The summed E-state index contributed by atoms with van der Waals surface area (Å²) in [6, 6.07) is 9.52. The van der Waals surface area contributed by atoms with E-state index in [4.69, 9.17) is 12.2 Å². The quantitative estimate of drug-likeness (QED) is 0.671. The molecule has 1 aromatic rings. The van der Waals surface area contributed by atoms with E-state index in [9.17, 15) is 4.79 Å². The van der Waals surface area contributed by atoms with Gasteiger partial charge in [0.25, 0.3) is 5.91 Å². The summed E-state index contributed by atoms with van der Waals surface area (Å²) in [5.74, 6) is -0.103. The standard InChI is InChI=1S/C10H10N2OS/c1-10(7-5-3-2-4-6-7)8(13)11-9(14)12-10/h2-6H,1H3,(H2,11,12,13,14)/t10-/m0/s1. The lowest BCUT2D eigenvalue weighted by Crippen LogP contribution is -2.40. The number of rotatable bonds is 1. The van der Waals surface area contributed by atoms with E-state index in [1.165, 1.54) is 0 Å². The van der Waals surface area contributed by atoms with Gasteiger partial charge < -0.3 is 10.6 Å². The van der Waals surface area contributed by atoms with Crippen LogP contribution in [0.1, 0.15) is 12.5 Å². The molecule has 0 aromatic heterocycles. The second-order valence-corrected chi connectivity index (χ2v) is 3.81. The molecule has 14 heavy (non-hydrogen) atoms. The largest absolute Gasteiger partial charge is 0.345 e. The summed E-state index contributed by atoms with van der Waals surface area (Å²) in [4.78, 5) is 11.6. The Morgan fingerprint density at radius 3 is 2.43 bits per heavy atom. The molecule has 1 amide bonds. The lowest BCUT2D eigenvalue weighted by Gasteiger charge is -2.21. The Balaban J connectivity index is 2.43. The third kappa shape index (κ3) is 1.28. The Hall–Kier alpha value is -1.42. The minimum absolute atomic E-state index is 0.103. The van der Waals surface area contributed by atoms with Crippen LogP contribution in [0, 0.1) is 0 Å². The van der Waals surface area contributed by atoms with Gasteiger partial charge in [-0.25, -0.2) is 0 Å². The monoisotopic (exact) mass is 206 g/mol. The van der Waals surface area contributed by atoms with Gasteiger partial charge in [0.05, 0.1) is 0 Å².